The second-order valence-corrected chi connectivity index (χ2v) is 13.0. The van der Waals surface area contributed by atoms with Gasteiger partial charge < -0.3 is 19.3 Å². The van der Waals surface area contributed by atoms with Gasteiger partial charge in [0.25, 0.3) is 11.8 Å². The molecule has 44 heavy (non-hydrogen) atoms. The number of alkyl halides is 1. The first-order chi connectivity index (χ1) is 20.9. The lowest BCUT2D eigenvalue weighted by molar-refractivity contribution is -0.120. The molecule has 3 saturated heterocycles. The molecule has 3 fully saturated rings. The minimum absolute atomic E-state index is 0.0182. The molecule has 21 nitrogen and oxygen atoms in total. The molecule has 7 aliphatic heterocycles. The largest absolute Gasteiger partial charge is 0.472 e. The average molecular weight is 661 g/mol. The summed E-state index contributed by atoms with van der Waals surface area (Å²) < 4.78 is 74.2. The van der Waals surface area contributed by atoms with Crippen molar-refractivity contribution in [2.45, 2.75) is 61.5 Å². The maximum absolute atomic E-state index is 15.8. The highest BCUT2D eigenvalue weighted by molar-refractivity contribution is 7.47. The van der Waals surface area contributed by atoms with E-state index in [1.54, 1.807) is 0 Å². The minimum atomic E-state index is -5.04. The van der Waals surface area contributed by atoms with Crippen molar-refractivity contribution in [1.29, 1.82) is 5.41 Å². The lowest BCUT2D eigenvalue weighted by atomic mass is 10.1. The van der Waals surface area contributed by atoms with Crippen molar-refractivity contribution in [3.8, 4) is 0 Å². The Bertz CT molecular complexity index is 1560. The van der Waals surface area contributed by atoms with Gasteiger partial charge in [-0.15, -0.1) is 0 Å². The van der Waals surface area contributed by atoms with Crippen LogP contribution in [0.1, 0.15) is 6.42 Å². The molecule has 7 rings (SSSR count). The van der Waals surface area contributed by atoms with Gasteiger partial charge in [0, 0.05) is 6.42 Å². The molecule has 2 amide bonds. The number of rotatable bonds is 2. The van der Waals surface area contributed by atoms with Crippen molar-refractivity contribution >= 4 is 64.1 Å². The van der Waals surface area contributed by atoms with E-state index in [2.05, 4.69) is 30.3 Å². The van der Waals surface area contributed by atoms with Gasteiger partial charge in [-0.25, -0.2) is 18.5 Å². The first kappa shape index (κ1) is 29.5. The zero-order valence-electron chi connectivity index (χ0n) is 21.9. The number of nitrogens with one attached hydrogen (secondary N) is 2. The van der Waals surface area contributed by atoms with E-state index in [9.17, 15) is 28.5 Å². The van der Waals surface area contributed by atoms with E-state index in [0.29, 0.717) is 0 Å². The number of hydrogen-bond donors (Lipinski definition) is 4. The highest BCUT2D eigenvalue weighted by atomic mass is 31.2. The summed E-state index contributed by atoms with van der Waals surface area (Å²) in [5, 5.41) is 9.95. The third-order valence-electron chi connectivity index (χ3n) is 7.33. The molecule has 4 unspecified atom stereocenters. The fourth-order valence-electron chi connectivity index (χ4n) is 5.43. The highest BCUT2D eigenvalue weighted by Crippen LogP contribution is 2.52. The average Bonchev–Trinajstić information content (AvgIpc) is 3.72. The first-order valence-corrected chi connectivity index (χ1v) is 15.9. The van der Waals surface area contributed by atoms with Crippen LogP contribution in [-0.2, 0) is 46.3 Å². The Morgan fingerprint density at radius 1 is 0.955 bits per heavy atom. The Kier molecular flexibility index (Phi) is 7.20. The summed E-state index contributed by atoms with van der Waals surface area (Å²) in [5.41, 5.74) is 0. The van der Waals surface area contributed by atoms with Gasteiger partial charge in [0.1, 0.15) is 30.5 Å². The second kappa shape index (κ2) is 10.7. The fourth-order valence-corrected chi connectivity index (χ4v) is 7.34. The minimum Gasteiger partial charge on any atom is -0.349 e. The maximum Gasteiger partial charge on any atom is 0.472 e. The molecule has 0 aliphatic carbocycles. The predicted octanol–water partition coefficient (Wildman–Crippen LogP) is -1.96. The number of amidine groups is 2. The number of phosphoric acid groups is 2. The number of phosphoric ester groups is 2. The van der Waals surface area contributed by atoms with Crippen LogP contribution in [0.25, 0.3) is 0 Å². The van der Waals surface area contributed by atoms with Crippen LogP contribution in [0, 0.1) is 5.41 Å². The molecule has 24 heteroatoms. The third kappa shape index (κ3) is 5.26. The van der Waals surface area contributed by atoms with E-state index in [1.807, 2.05) is 0 Å². The van der Waals surface area contributed by atoms with Crippen molar-refractivity contribution in [2.24, 2.45) is 25.0 Å². The molecule has 0 aromatic heterocycles. The van der Waals surface area contributed by atoms with E-state index >= 15 is 4.39 Å². The van der Waals surface area contributed by atoms with E-state index < -0.39 is 102 Å². The number of aliphatic imine (C=N–C) groups is 5. The Hall–Kier alpha value is -3.17. The van der Waals surface area contributed by atoms with Crippen molar-refractivity contribution in [2.75, 3.05) is 13.2 Å². The summed E-state index contributed by atoms with van der Waals surface area (Å²) >= 11 is 0. The molecule has 236 valence electrons. The van der Waals surface area contributed by atoms with Gasteiger partial charge in [-0.1, -0.05) is 0 Å². The van der Waals surface area contributed by atoms with Crippen LogP contribution in [0.5, 0.6) is 0 Å². The summed E-state index contributed by atoms with van der Waals surface area (Å²) in [6.07, 6.45) is -7.80. The summed E-state index contributed by atoms with van der Waals surface area (Å²) in [5.74, 6) is -1.79. The Morgan fingerprint density at radius 2 is 1.66 bits per heavy atom. The number of carbonyl (C=O) groups is 2. The van der Waals surface area contributed by atoms with Gasteiger partial charge in [0.15, 0.2) is 36.5 Å². The molecular formula is C20H22FN9O12P2. The number of guanidine groups is 1. The smallest absolute Gasteiger partial charge is 0.349 e. The summed E-state index contributed by atoms with van der Waals surface area (Å²) in [4.78, 5) is 67.1. The first-order valence-electron chi connectivity index (χ1n) is 12.9. The lowest BCUT2D eigenvalue weighted by Crippen LogP contribution is -2.52. The Balaban J connectivity index is 1.13. The quantitative estimate of drug-likeness (QED) is 0.234. The lowest BCUT2D eigenvalue weighted by Gasteiger charge is -2.31. The molecule has 0 saturated carbocycles. The van der Waals surface area contributed by atoms with Crippen molar-refractivity contribution in [1.82, 2.24) is 15.1 Å². The van der Waals surface area contributed by atoms with E-state index in [-0.39, 0.29) is 18.1 Å². The van der Waals surface area contributed by atoms with Crippen LogP contribution in [0.2, 0.25) is 0 Å². The molecular weight excluding hydrogens is 639 g/mol. The number of fused-ring (bicyclic) bond motifs is 5. The zero-order chi connectivity index (χ0) is 31.0. The van der Waals surface area contributed by atoms with Gasteiger partial charge >= 0.3 is 15.6 Å². The summed E-state index contributed by atoms with van der Waals surface area (Å²) in [7, 11) is -10.0. The third-order valence-corrected chi connectivity index (χ3v) is 9.33. The van der Waals surface area contributed by atoms with Gasteiger partial charge in [-0.3, -0.25) is 58.2 Å². The van der Waals surface area contributed by atoms with E-state index in [4.69, 9.17) is 33.0 Å². The van der Waals surface area contributed by atoms with Gasteiger partial charge in [0.2, 0.25) is 5.96 Å². The van der Waals surface area contributed by atoms with Gasteiger partial charge in [-0.05, 0) is 0 Å². The molecule has 0 aromatic rings. The topological polar surface area (TPSA) is 268 Å². The number of halogens is 1. The molecule has 7 aliphatic rings. The van der Waals surface area contributed by atoms with Crippen molar-refractivity contribution in [3.05, 3.63) is 0 Å². The normalized spacial score (nSPS) is 45.2. The molecule has 2 bridgehead atoms. The van der Waals surface area contributed by atoms with Gasteiger partial charge in [0.05, 0.1) is 32.0 Å². The highest BCUT2D eigenvalue weighted by Gasteiger charge is 2.55. The number of carbonyl (C=O) groups excluding carboxylic acids is 2. The number of amides is 2. The summed E-state index contributed by atoms with van der Waals surface area (Å²) in [6.45, 7) is -1.48. The van der Waals surface area contributed by atoms with Crippen LogP contribution >= 0.6 is 15.6 Å². The fraction of sp³-hybridized carbons (Fsp3) is 0.600. The van der Waals surface area contributed by atoms with Crippen LogP contribution < -0.4 is 5.32 Å². The molecule has 4 N–H and O–H groups in total. The summed E-state index contributed by atoms with van der Waals surface area (Å²) in [6, 6.07) is -2.25. The van der Waals surface area contributed by atoms with Crippen molar-refractivity contribution < 1.29 is 60.5 Å². The van der Waals surface area contributed by atoms with Crippen LogP contribution in [0.3, 0.4) is 0 Å². The Morgan fingerprint density at radius 3 is 2.45 bits per heavy atom. The molecule has 7 heterocycles. The SMILES string of the molecule is N=C1N=C2C(N=CN2[C@@H]2O[C@@H]3COP(=O)(O)O[C@H]4[C@@H](F)[C@H](N5C=NC6C(=O)N=CN=C65)O[C@@H]4COP(=O)(O)O[C@@H]2C3)C(=O)N1. The monoisotopic (exact) mass is 661 g/mol. The number of ether oxygens (including phenoxy) is 2. The molecule has 0 spiro atoms. The van der Waals surface area contributed by atoms with Crippen LogP contribution in [0.15, 0.2) is 25.0 Å². The standard InChI is InChI=1S/C20H22FN9O12P2/c21-10-13-9(40-19(10)29-5-25-11-14(29)23-4-24-16(11)31)3-38-43(33,34)41-8-1-7(2-37-44(35,36)42-13)39-18(8)30-6-26-12-15(30)27-20(22)28-17(12)32/h4-13,18-19H,1-3H2,(H,33,34)(H,35,36)(H2,22,28,32)/t7-,8+,9+,10+,11?,12?,13+,18+,19+/m0/s1. The zero-order valence-corrected chi connectivity index (χ0v) is 23.7. The van der Waals surface area contributed by atoms with Crippen LogP contribution in [0.4, 0.5) is 4.39 Å². The van der Waals surface area contributed by atoms with E-state index in [0.717, 1.165) is 17.6 Å². The van der Waals surface area contributed by atoms with Gasteiger partial charge in [-0.2, -0.15) is 9.98 Å². The van der Waals surface area contributed by atoms with E-state index in [1.165, 1.54) is 11.2 Å². The maximum atomic E-state index is 15.8. The molecule has 0 radical (unpaired) electrons. The number of nitrogens with zero attached hydrogens (tertiary/aromatic N) is 7. The Labute approximate surface area is 245 Å². The predicted molar refractivity (Wildman–Crippen MR) is 141 cm³/mol. The van der Waals surface area contributed by atoms with Crippen molar-refractivity contribution in [3.63, 3.8) is 0 Å². The van der Waals surface area contributed by atoms with Crippen LogP contribution in [-0.4, -0.2) is 136 Å². The molecule has 11 atom stereocenters. The second-order valence-electron chi connectivity index (χ2n) is 10.2. The number of hydrogen-bond acceptors (Lipinski definition) is 16. The molecule has 0 aromatic carbocycles.